The van der Waals surface area contributed by atoms with E-state index in [0.29, 0.717) is 5.56 Å². The van der Waals surface area contributed by atoms with Gasteiger partial charge in [0.05, 0.1) is 0 Å². The number of carbonyl (C=O) groups excluding carboxylic acids is 1. The van der Waals surface area contributed by atoms with E-state index in [1.807, 2.05) is 25.2 Å². The monoisotopic (exact) mass is 428 g/mol. The van der Waals surface area contributed by atoms with Crippen LogP contribution in [0.4, 0.5) is 0 Å². The smallest absolute Gasteiger partial charge is 0.251 e. The van der Waals surface area contributed by atoms with Gasteiger partial charge in [0.25, 0.3) is 5.91 Å². The third kappa shape index (κ3) is 6.43. The van der Waals surface area contributed by atoms with Crippen molar-refractivity contribution < 1.29 is 4.79 Å². The van der Waals surface area contributed by atoms with Crippen molar-refractivity contribution in [2.45, 2.75) is 44.1 Å². The Bertz CT molecular complexity index is 735. The largest absolute Gasteiger partial charge is 0.356 e. The third-order valence-corrected chi connectivity index (χ3v) is 6.88. The lowest BCUT2D eigenvalue weighted by Gasteiger charge is -2.50. The van der Waals surface area contributed by atoms with Gasteiger partial charge in [-0.05, 0) is 83.0 Å². The van der Waals surface area contributed by atoms with Crippen molar-refractivity contribution in [3.05, 3.63) is 35.4 Å². The number of benzene rings is 1. The first-order chi connectivity index (χ1) is 15.1. The van der Waals surface area contributed by atoms with E-state index in [4.69, 9.17) is 0 Å². The van der Waals surface area contributed by atoms with Crippen LogP contribution in [0, 0.1) is 0 Å². The molecule has 0 unspecified atom stereocenters. The number of likely N-dealkylation sites (tertiary alicyclic amines) is 2. The van der Waals surface area contributed by atoms with Gasteiger partial charge in [-0.2, -0.15) is 0 Å². The molecule has 7 heteroatoms. The maximum atomic E-state index is 11.8. The molecule has 2 heterocycles. The summed E-state index contributed by atoms with van der Waals surface area (Å²) in [6.07, 6.45) is 7.26. The molecule has 172 valence electrons. The SMILES string of the molecule is CN=C(NCCc1cccc(C(=O)NC)c1)NCC1(N2CCCCC2)CCN(C)CC1. The van der Waals surface area contributed by atoms with Gasteiger partial charge in [-0.1, -0.05) is 18.6 Å². The molecule has 1 aromatic rings. The zero-order valence-corrected chi connectivity index (χ0v) is 19.5. The van der Waals surface area contributed by atoms with Crippen LogP contribution < -0.4 is 16.0 Å². The Labute approximate surface area is 187 Å². The van der Waals surface area contributed by atoms with Crippen molar-refractivity contribution in [1.82, 2.24) is 25.8 Å². The minimum absolute atomic E-state index is 0.0478. The number of nitrogens with one attached hydrogen (secondary N) is 3. The van der Waals surface area contributed by atoms with Gasteiger partial charge in [0, 0.05) is 38.3 Å². The highest BCUT2D eigenvalue weighted by atomic mass is 16.1. The van der Waals surface area contributed by atoms with Gasteiger partial charge in [0.15, 0.2) is 5.96 Å². The summed E-state index contributed by atoms with van der Waals surface area (Å²) < 4.78 is 0. The first-order valence-corrected chi connectivity index (χ1v) is 11.8. The summed E-state index contributed by atoms with van der Waals surface area (Å²) in [4.78, 5) is 21.5. The minimum Gasteiger partial charge on any atom is -0.356 e. The van der Waals surface area contributed by atoms with E-state index in [-0.39, 0.29) is 11.4 Å². The maximum Gasteiger partial charge on any atom is 0.251 e. The van der Waals surface area contributed by atoms with Crippen molar-refractivity contribution in [2.75, 3.05) is 60.4 Å². The summed E-state index contributed by atoms with van der Waals surface area (Å²) >= 11 is 0. The van der Waals surface area contributed by atoms with Gasteiger partial charge in [0.2, 0.25) is 0 Å². The summed E-state index contributed by atoms with van der Waals surface area (Å²) in [7, 11) is 5.73. The molecule has 0 saturated carbocycles. The highest BCUT2D eigenvalue weighted by molar-refractivity contribution is 5.94. The molecule has 2 fully saturated rings. The number of piperidine rings is 2. The summed E-state index contributed by atoms with van der Waals surface area (Å²) in [5.74, 6) is 0.811. The van der Waals surface area contributed by atoms with Gasteiger partial charge in [0.1, 0.15) is 0 Å². The molecule has 0 bridgehead atoms. The molecular weight excluding hydrogens is 388 g/mol. The molecule has 7 nitrogen and oxygen atoms in total. The number of hydrogen-bond donors (Lipinski definition) is 3. The number of guanidine groups is 1. The Kier molecular flexibility index (Phi) is 8.72. The average Bonchev–Trinajstić information content (AvgIpc) is 2.82. The molecule has 1 amide bonds. The molecule has 2 aliphatic rings. The van der Waals surface area contributed by atoms with Gasteiger partial charge < -0.3 is 20.9 Å². The highest BCUT2D eigenvalue weighted by Crippen LogP contribution is 2.30. The van der Waals surface area contributed by atoms with E-state index in [9.17, 15) is 4.79 Å². The van der Waals surface area contributed by atoms with Crippen molar-refractivity contribution in [2.24, 2.45) is 4.99 Å². The molecule has 3 N–H and O–H groups in total. The molecule has 1 aromatic carbocycles. The fourth-order valence-electron chi connectivity index (χ4n) is 4.81. The number of nitrogens with zero attached hydrogens (tertiary/aromatic N) is 3. The first-order valence-electron chi connectivity index (χ1n) is 11.8. The zero-order chi connectivity index (χ0) is 22.1. The Balaban J connectivity index is 1.53. The predicted molar refractivity (Wildman–Crippen MR) is 128 cm³/mol. The van der Waals surface area contributed by atoms with Crippen LogP contribution in [0.2, 0.25) is 0 Å². The van der Waals surface area contributed by atoms with Crippen molar-refractivity contribution in [3.63, 3.8) is 0 Å². The van der Waals surface area contributed by atoms with Crippen molar-refractivity contribution >= 4 is 11.9 Å². The molecule has 31 heavy (non-hydrogen) atoms. The molecule has 2 aliphatic heterocycles. The maximum absolute atomic E-state index is 11.8. The van der Waals surface area contributed by atoms with E-state index >= 15 is 0 Å². The highest BCUT2D eigenvalue weighted by Gasteiger charge is 2.39. The summed E-state index contributed by atoms with van der Waals surface area (Å²) in [5.41, 5.74) is 2.07. The van der Waals surface area contributed by atoms with Crippen LogP contribution in [-0.2, 0) is 6.42 Å². The number of carbonyl (C=O) groups is 1. The molecule has 0 atom stereocenters. The van der Waals surface area contributed by atoms with Crippen LogP contribution in [-0.4, -0.2) is 87.6 Å². The second-order valence-corrected chi connectivity index (χ2v) is 8.96. The Morgan fingerprint density at radius 3 is 2.52 bits per heavy atom. The molecule has 0 radical (unpaired) electrons. The fraction of sp³-hybridized carbons (Fsp3) is 0.667. The molecular formula is C24H40N6O. The van der Waals surface area contributed by atoms with Gasteiger partial charge in [-0.25, -0.2) is 0 Å². The van der Waals surface area contributed by atoms with Crippen LogP contribution in [0.25, 0.3) is 0 Å². The fourth-order valence-corrected chi connectivity index (χ4v) is 4.81. The number of rotatable bonds is 7. The predicted octanol–water partition coefficient (Wildman–Crippen LogP) is 1.70. The third-order valence-electron chi connectivity index (χ3n) is 6.88. The topological polar surface area (TPSA) is 72.0 Å². The van der Waals surface area contributed by atoms with E-state index in [1.165, 1.54) is 45.2 Å². The van der Waals surface area contributed by atoms with E-state index in [0.717, 1.165) is 44.1 Å². The lowest BCUT2D eigenvalue weighted by Crippen LogP contribution is -2.62. The lowest BCUT2D eigenvalue weighted by molar-refractivity contribution is 0.0173. The summed E-state index contributed by atoms with van der Waals surface area (Å²) in [6, 6.07) is 7.81. The molecule has 0 spiro atoms. The number of hydrogen-bond acceptors (Lipinski definition) is 4. The quantitative estimate of drug-likeness (QED) is 0.456. The normalized spacial score (nSPS) is 20.3. The Morgan fingerprint density at radius 1 is 1.10 bits per heavy atom. The average molecular weight is 429 g/mol. The van der Waals surface area contributed by atoms with Crippen LogP contribution >= 0.6 is 0 Å². The first kappa shape index (κ1) is 23.5. The van der Waals surface area contributed by atoms with E-state index < -0.39 is 0 Å². The van der Waals surface area contributed by atoms with Gasteiger partial charge >= 0.3 is 0 Å². The lowest BCUT2D eigenvalue weighted by atomic mass is 9.84. The molecule has 0 aromatic heterocycles. The second kappa shape index (κ2) is 11.5. The molecule has 2 saturated heterocycles. The minimum atomic E-state index is -0.0478. The van der Waals surface area contributed by atoms with E-state index in [1.54, 1.807) is 7.05 Å². The van der Waals surface area contributed by atoms with Crippen molar-refractivity contribution in [3.8, 4) is 0 Å². The number of aliphatic imine (C=N–C) groups is 1. The van der Waals surface area contributed by atoms with Gasteiger partial charge in [-0.3, -0.25) is 14.7 Å². The van der Waals surface area contributed by atoms with Gasteiger partial charge in [-0.15, -0.1) is 0 Å². The van der Waals surface area contributed by atoms with E-state index in [2.05, 4.69) is 43.9 Å². The molecule has 0 aliphatic carbocycles. The zero-order valence-electron chi connectivity index (χ0n) is 19.5. The Morgan fingerprint density at radius 2 is 1.84 bits per heavy atom. The number of amides is 1. The summed E-state index contributed by atoms with van der Waals surface area (Å²) in [6.45, 7) is 6.47. The second-order valence-electron chi connectivity index (χ2n) is 8.96. The van der Waals surface area contributed by atoms with Crippen LogP contribution in [0.1, 0.15) is 48.0 Å². The van der Waals surface area contributed by atoms with Crippen LogP contribution in [0.15, 0.2) is 29.3 Å². The van der Waals surface area contributed by atoms with Crippen LogP contribution in [0.5, 0.6) is 0 Å². The molecule has 3 rings (SSSR count). The summed E-state index contributed by atoms with van der Waals surface area (Å²) in [5, 5.41) is 9.77. The van der Waals surface area contributed by atoms with Crippen LogP contribution in [0.3, 0.4) is 0 Å². The van der Waals surface area contributed by atoms with Crippen molar-refractivity contribution in [1.29, 1.82) is 0 Å². The Hall–Kier alpha value is -2.12. The standard InChI is InChI=1S/C24H40N6O/c1-25-22(31)21-9-7-8-20(18-21)10-13-27-23(26-2)28-19-24(11-16-29(3)17-12-24)30-14-5-4-6-15-30/h7-9,18H,4-6,10-17,19H2,1-3H3,(H,25,31)(H2,26,27,28).